The highest BCUT2D eigenvalue weighted by Crippen LogP contribution is 2.36. The van der Waals surface area contributed by atoms with Crippen molar-refractivity contribution in [1.29, 1.82) is 0 Å². The number of aliphatic hydroxyl groups excluding tert-OH is 1. The van der Waals surface area contributed by atoms with Crippen molar-refractivity contribution in [2.75, 3.05) is 44.9 Å². The van der Waals surface area contributed by atoms with E-state index < -0.39 is 0 Å². The lowest BCUT2D eigenvalue weighted by molar-refractivity contribution is 0.0331. The first-order valence-electron chi connectivity index (χ1n) is 9.19. The average molecular weight is 385 g/mol. The van der Waals surface area contributed by atoms with E-state index in [-0.39, 0.29) is 35.0 Å². The van der Waals surface area contributed by atoms with Crippen LogP contribution in [0.5, 0.6) is 5.75 Å². The first-order valence-corrected chi connectivity index (χ1v) is 9.19. The van der Waals surface area contributed by atoms with E-state index in [0.717, 1.165) is 0 Å². The molecule has 28 heavy (non-hydrogen) atoms. The van der Waals surface area contributed by atoms with Crippen LogP contribution < -0.4 is 5.32 Å². The second-order valence-electron chi connectivity index (χ2n) is 6.31. The lowest BCUT2D eigenvalue weighted by atomic mass is 9.82. The summed E-state index contributed by atoms with van der Waals surface area (Å²) < 4.78 is 10.5. The van der Waals surface area contributed by atoms with Crippen molar-refractivity contribution in [1.82, 2.24) is 0 Å². The molecular weight excluding hydrogens is 362 g/mol. The Morgan fingerprint density at radius 2 is 1.46 bits per heavy atom. The number of ketones is 2. The Hall–Kier alpha value is -2.74. The Kier molecular flexibility index (Phi) is 6.76. The number of carbonyl (C=O) groups is 2. The minimum Gasteiger partial charge on any atom is -0.507 e. The van der Waals surface area contributed by atoms with Crippen molar-refractivity contribution in [3.63, 3.8) is 0 Å². The van der Waals surface area contributed by atoms with E-state index >= 15 is 0 Å². The van der Waals surface area contributed by atoms with Gasteiger partial charge in [-0.05, 0) is 18.6 Å². The topological polar surface area (TPSA) is 105 Å². The number of benzene rings is 2. The number of carbonyl (C=O) groups excluding carboxylic acids is 2. The summed E-state index contributed by atoms with van der Waals surface area (Å²) in [6.07, 6.45) is 0.689. The highest BCUT2D eigenvalue weighted by atomic mass is 16.5. The Morgan fingerprint density at radius 1 is 0.821 bits per heavy atom. The second-order valence-corrected chi connectivity index (χ2v) is 6.31. The highest BCUT2D eigenvalue weighted by Gasteiger charge is 2.33. The SMILES string of the molecule is O=C1c2ccccc2C(=O)c2c(NCCCOCCOCCO)ccc(O)c21. The number of aliphatic hydroxyl groups is 1. The molecule has 148 valence electrons. The van der Waals surface area contributed by atoms with Crippen molar-refractivity contribution in [3.05, 3.63) is 58.7 Å². The van der Waals surface area contributed by atoms with Crippen LogP contribution in [0.15, 0.2) is 36.4 Å². The fourth-order valence-corrected chi connectivity index (χ4v) is 3.14. The average Bonchev–Trinajstić information content (AvgIpc) is 2.71. The summed E-state index contributed by atoms with van der Waals surface area (Å²) in [5.74, 6) is -0.821. The van der Waals surface area contributed by atoms with Gasteiger partial charge in [-0.2, -0.15) is 0 Å². The number of ether oxygens (including phenoxy) is 2. The van der Waals surface area contributed by atoms with Gasteiger partial charge in [0.05, 0.1) is 37.6 Å². The molecular formula is C21H23NO6. The molecule has 7 nitrogen and oxygen atoms in total. The van der Waals surface area contributed by atoms with Crippen LogP contribution in [-0.4, -0.2) is 61.4 Å². The maximum absolute atomic E-state index is 12.9. The van der Waals surface area contributed by atoms with Gasteiger partial charge in [0.2, 0.25) is 0 Å². The number of hydrogen-bond donors (Lipinski definition) is 3. The van der Waals surface area contributed by atoms with Crippen LogP contribution in [0.25, 0.3) is 0 Å². The van der Waals surface area contributed by atoms with E-state index in [1.807, 2.05) is 0 Å². The molecule has 3 N–H and O–H groups in total. The largest absolute Gasteiger partial charge is 0.507 e. The van der Waals surface area contributed by atoms with Gasteiger partial charge in [-0.3, -0.25) is 9.59 Å². The second kappa shape index (κ2) is 9.45. The van der Waals surface area contributed by atoms with Gasteiger partial charge in [-0.25, -0.2) is 0 Å². The smallest absolute Gasteiger partial charge is 0.198 e. The van der Waals surface area contributed by atoms with E-state index in [9.17, 15) is 14.7 Å². The fourth-order valence-electron chi connectivity index (χ4n) is 3.14. The van der Waals surface area contributed by atoms with Crippen LogP contribution in [0.2, 0.25) is 0 Å². The molecule has 0 bridgehead atoms. The minimum atomic E-state index is -0.349. The molecule has 0 saturated carbocycles. The summed E-state index contributed by atoms with van der Waals surface area (Å²) in [6.45, 7) is 2.20. The van der Waals surface area contributed by atoms with Gasteiger partial charge < -0.3 is 25.0 Å². The summed E-state index contributed by atoms with van der Waals surface area (Å²) in [6, 6.07) is 9.67. The molecule has 1 aliphatic rings. The maximum Gasteiger partial charge on any atom is 0.198 e. The molecule has 0 atom stereocenters. The van der Waals surface area contributed by atoms with Crippen molar-refractivity contribution in [2.24, 2.45) is 0 Å². The molecule has 1 aliphatic carbocycles. The van der Waals surface area contributed by atoms with E-state index in [4.69, 9.17) is 14.6 Å². The van der Waals surface area contributed by atoms with Crippen LogP contribution in [0.1, 0.15) is 38.3 Å². The van der Waals surface area contributed by atoms with Gasteiger partial charge in [0.1, 0.15) is 5.75 Å². The standard InChI is InChI=1S/C21H23NO6/c23-9-11-28-13-12-27-10-3-8-22-16-6-7-17(24)19-18(16)20(25)14-4-1-2-5-15(14)21(19)26/h1-2,4-7,22-24H,3,8-13H2. The zero-order chi connectivity index (χ0) is 19.9. The predicted octanol–water partition coefficient (Wildman–Crippen LogP) is 2.00. The van der Waals surface area contributed by atoms with Gasteiger partial charge in [-0.1, -0.05) is 24.3 Å². The summed E-state index contributed by atoms with van der Waals surface area (Å²) in [4.78, 5) is 25.7. The lowest BCUT2D eigenvalue weighted by Gasteiger charge is -2.21. The fraction of sp³-hybridized carbons (Fsp3) is 0.333. The molecule has 0 heterocycles. The third kappa shape index (κ3) is 4.22. The van der Waals surface area contributed by atoms with Crippen molar-refractivity contribution in [3.8, 4) is 5.75 Å². The number of fused-ring (bicyclic) bond motifs is 2. The molecule has 0 unspecified atom stereocenters. The van der Waals surface area contributed by atoms with Crippen molar-refractivity contribution < 1.29 is 29.3 Å². The number of rotatable bonds is 10. The zero-order valence-electron chi connectivity index (χ0n) is 15.4. The molecule has 2 aromatic carbocycles. The molecule has 7 heteroatoms. The lowest BCUT2D eigenvalue weighted by Crippen LogP contribution is -2.23. The summed E-state index contributed by atoms with van der Waals surface area (Å²) in [5, 5.41) is 21.9. The van der Waals surface area contributed by atoms with Crippen LogP contribution in [0.3, 0.4) is 0 Å². The van der Waals surface area contributed by atoms with Gasteiger partial charge in [0.15, 0.2) is 11.6 Å². The molecule has 2 aromatic rings. The first-order chi connectivity index (χ1) is 13.6. The minimum absolute atomic E-state index is 0.00737. The molecule has 0 spiro atoms. The van der Waals surface area contributed by atoms with E-state index in [1.54, 1.807) is 30.3 Å². The number of aromatic hydroxyl groups is 1. The number of nitrogens with one attached hydrogen (secondary N) is 1. The van der Waals surface area contributed by atoms with Gasteiger partial charge in [-0.15, -0.1) is 0 Å². The van der Waals surface area contributed by atoms with Crippen LogP contribution in [0.4, 0.5) is 5.69 Å². The summed E-state index contributed by atoms with van der Waals surface area (Å²) >= 11 is 0. The molecule has 0 fully saturated rings. The monoisotopic (exact) mass is 385 g/mol. The van der Waals surface area contributed by atoms with E-state index in [2.05, 4.69) is 5.32 Å². The Balaban J connectivity index is 1.63. The maximum atomic E-state index is 12.9. The normalized spacial score (nSPS) is 12.6. The molecule has 0 aromatic heterocycles. The quantitative estimate of drug-likeness (QED) is 0.362. The third-order valence-electron chi connectivity index (χ3n) is 4.44. The first kappa shape index (κ1) is 20.0. The summed E-state index contributed by atoms with van der Waals surface area (Å²) in [7, 11) is 0. The van der Waals surface area contributed by atoms with Crippen LogP contribution in [0, 0.1) is 0 Å². The Morgan fingerprint density at radius 3 is 2.14 bits per heavy atom. The zero-order valence-corrected chi connectivity index (χ0v) is 15.4. The Labute approximate surface area is 162 Å². The number of hydrogen-bond acceptors (Lipinski definition) is 7. The van der Waals surface area contributed by atoms with Gasteiger partial charge >= 0.3 is 0 Å². The van der Waals surface area contributed by atoms with Crippen LogP contribution in [-0.2, 0) is 9.47 Å². The predicted molar refractivity (Wildman–Crippen MR) is 103 cm³/mol. The Bertz CT molecular complexity index is 864. The van der Waals surface area contributed by atoms with E-state index in [0.29, 0.717) is 56.2 Å². The molecule has 0 aliphatic heterocycles. The van der Waals surface area contributed by atoms with E-state index in [1.165, 1.54) is 6.07 Å². The van der Waals surface area contributed by atoms with Gasteiger partial charge in [0.25, 0.3) is 0 Å². The summed E-state index contributed by atoms with van der Waals surface area (Å²) in [5.41, 5.74) is 1.43. The van der Waals surface area contributed by atoms with Gasteiger partial charge in [0, 0.05) is 30.0 Å². The number of phenolic OH excluding ortho intramolecular Hbond substituents is 1. The molecule has 0 radical (unpaired) electrons. The number of anilines is 1. The molecule has 3 rings (SSSR count). The van der Waals surface area contributed by atoms with Crippen molar-refractivity contribution in [2.45, 2.75) is 6.42 Å². The number of phenols is 1. The van der Waals surface area contributed by atoms with Crippen LogP contribution >= 0.6 is 0 Å². The molecule has 0 saturated heterocycles. The van der Waals surface area contributed by atoms with Crippen molar-refractivity contribution >= 4 is 17.3 Å². The highest BCUT2D eigenvalue weighted by molar-refractivity contribution is 6.31. The third-order valence-corrected chi connectivity index (χ3v) is 4.44. The molecule has 0 amide bonds.